The topological polar surface area (TPSA) is 54.3 Å². The van der Waals surface area contributed by atoms with E-state index in [0.29, 0.717) is 27.8 Å². The van der Waals surface area contributed by atoms with Gasteiger partial charge in [0, 0.05) is 39.2 Å². The normalized spacial score (nSPS) is 12.0. The second-order valence-corrected chi connectivity index (χ2v) is 7.31. The smallest absolute Gasteiger partial charge is 0.257 e. The standard InChI is InChI=1S/C21H20Cl2N2O2/c1-13-10-19(14(2)25(13)12-15-6-8-16(22)9-7-15)20(26)21(27)24-18-5-3-4-17(23)11-18/h3-11,20,26H,12H2,1-2H3,(H,24,27). The van der Waals surface area contributed by atoms with Crippen molar-refractivity contribution in [3.63, 3.8) is 0 Å². The van der Waals surface area contributed by atoms with Crippen molar-refractivity contribution in [3.8, 4) is 0 Å². The minimum absolute atomic E-state index is 0.496. The molecule has 2 N–H and O–H groups in total. The summed E-state index contributed by atoms with van der Waals surface area (Å²) < 4.78 is 2.06. The second kappa shape index (κ2) is 8.17. The van der Waals surface area contributed by atoms with E-state index in [-0.39, 0.29) is 0 Å². The van der Waals surface area contributed by atoms with Gasteiger partial charge in [-0.05, 0) is 55.8 Å². The Bertz CT molecular complexity index is 965. The summed E-state index contributed by atoms with van der Waals surface area (Å²) in [7, 11) is 0. The maximum atomic E-state index is 12.5. The number of anilines is 1. The third-order valence-electron chi connectivity index (χ3n) is 4.50. The zero-order valence-electron chi connectivity index (χ0n) is 15.0. The number of carbonyl (C=O) groups is 1. The highest BCUT2D eigenvalue weighted by Gasteiger charge is 2.23. The van der Waals surface area contributed by atoms with Crippen LogP contribution in [0.5, 0.6) is 0 Å². The van der Waals surface area contributed by atoms with E-state index < -0.39 is 12.0 Å². The molecule has 0 bridgehead atoms. The van der Waals surface area contributed by atoms with E-state index in [9.17, 15) is 9.90 Å². The Morgan fingerprint density at radius 2 is 1.78 bits per heavy atom. The number of aromatic nitrogens is 1. The number of nitrogens with one attached hydrogen (secondary N) is 1. The zero-order valence-corrected chi connectivity index (χ0v) is 16.6. The molecular weight excluding hydrogens is 383 g/mol. The fourth-order valence-electron chi connectivity index (χ4n) is 3.04. The van der Waals surface area contributed by atoms with Gasteiger partial charge in [-0.3, -0.25) is 4.79 Å². The van der Waals surface area contributed by atoms with Gasteiger partial charge in [0.25, 0.3) is 5.91 Å². The second-order valence-electron chi connectivity index (χ2n) is 6.44. The minimum Gasteiger partial charge on any atom is -0.378 e. The summed E-state index contributed by atoms with van der Waals surface area (Å²) >= 11 is 11.9. The highest BCUT2D eigenvalue weighted by Crippen LogP contribution is 2.25. The molecule has 1 atom stereocenters. The SMILES string of the molecule is Cc1cc(C(O)C(=O)Nc2cccc(Cl)c2)c(C)n1Cc1ccc(Cl)cc1. The van der Waals surface area contributed by atoms with Crippen molar-refractivity contribution in [2.24, 2.45) is 0 Å². The molecule has 0 aliphatic carbocycles. The monoisotopic (exact) mass is 402 g/mol. The molecule has 1 amide bonds. The van der Waals surface area contributed by atoms with E-state index >= 15 is 0 Å². The molecule has 0 saturated heterocycles. The largest absolute Gasteiger partial charge is 0.378 e. The average molecular weight is 403 g/mol. The van der Waals surface area contributed by atoms with Gasteiger partial charge in [0.05, 0.1) is 0 Å². The van der Waals surface area contributed by atoms with Crippen LogP contribution in [-0.2, 0) is 11.3 Å². The van der Waals surface area contributed by atoms with Gasteiger partial charge in [0.2, 0.25) is 0 Å². The first-order chi connectivity index (χ1) is 12.8. The van der Waals surface area contributed by atoms with Crippen LogP contribution in [0.25, 0.3) is 0 Å². The molecule has 27 heavy (non-hydrogen) atoms. The van der Waals surface area contributed by atoms with E-state index in [1.165, 1.54) is 0 Å². The van der Waals surface area contributed by atoms with Crippen LogP contribution in [0.15, 0.2) is 54.6 Å². The molecule has 0 radical (unpaired) electrons. The number of hydrogen-bond donors (Lipinski definition) is 2. The lowest BCUT2D eigenvalue weighted by Crippen LogP contribution is -2.21. The van der Waals surface area contributed by atoms with E-state index in [1.807, 2.05) is 44.2 Å². The number of aliphatic hydroxyl groups is 1. The van der Waals surface area contributed by atoms with Crippen LogP contribution in [0.4, 0.5) is 5.69 Å². The highest BCUT2D eigenvalue weighted by atomic mass is 35.5. The third kappa shape index (κ3) is 4.53. The number of benzene rings is 2. The zero-order chi connectivity index (χ0) is 19.6. The molecule has 0 saturated carbocycles. The van der Waals surface area contributed by atoms with Crippen LogP contribution in [0.2, 0.25) is 10.0 Å². The molecule has 140 valence electrons. The number of halogens is 2. The van der Waals surface area contributed by atoms with Crippen LogP contribution in [0, 0.1) is 13.8 Å². The Hall–Kier alpha value is -2.27. The Balaban J connectivity index is 1.80. The number of aryl methyl sites for hydroxylation is 1. The summed E-state index contributed by atoms with van der Waals surface area (Å²) in [4.78, 5) is 12.5. The van der Waals surface area contributed by atoms with Crippen molar-refractivity contribution in [2.45, 2.75) is 26.5 Å². The molecule has 3 rings (SSSR count). The summed E-state index contributed by atoms with van der Waals surface area (Å²) in [6.07, 6.45) is -1.27. The van der Waals surface area contributed by atoms with Crippen molar-refractivity contribution in [2.75, 3.05) is 5.32 Å². The van der Waals surface area contributed by atoms with Gasteiger partial charge in [-0.25, -0.2) is 0 Å². The van der Waals surface area contributed by atoms with Gasteiger partial charge < -0.3 is 15.0 Å². The third-order valence-corrected chi connectivity index (χ3v) is 4.99. The Morgan fingerprint density at radius 1 is 1.07 bits per heavy atom. The number of amides is 1. The molecule has 0 fully saturated rings. The predicted octanol–water partition coefficient (Wildman–Crippen LogP) is 5.13. The van der Waals surface area contributed by atoms with Crippen molar-refractivity contribution in [3.05, 3.63) is 87.2 Å². The van der Waals surface area contributed by atoms with Crippen molar-refractivity contribution < 1.29 is 9.90 Å². The van der Waals surface area contributed by atoms with E-state index in [2.05, 4.69) is 9.88 Å². The first-order valence-corrected chi connectivity index (χ1v) is 9.26. The number of carbonyl (C=O) groups excluding carboxylic acids is 1. The lowest BCUT2D eigenvalue weighted by atomic mass is 10.1. The molecular formula is C21H20Cl2N2O2. The molecule has 3 aromatic rings. The Labute approximate surface area is 168 Å². The molecule has 0 aliphatic rings. The minimum atomic E-state index is -1.27. The molecule has 0 spiro atoms. The van der Waals surface area contributed by atoms with Gasteiger partial charge in [-0.15, -0.1) is 0 Å². The van der Waals surface area contributed by atoms with Gasteiger partial charge in [-0.2, -0.15) is 0 Å². The maximum Gasteiger partial charge on any atom is 0.257 e. The number of nitrogens with zero attached hydrogens (tertiary/aromatic N) is 1. The van der Waals surface area contributed by atoms with E-state index in [1.54, 1.807) is 24.3 Å². The number of aliphatic hydroxyl groups excluding tert-OH is 1. The lowest BCUT2D eigenvalue weighted by Gasteiger charge is -2.14. The van der Waals surface area contributed by atoms with Crippen LogP contribution in [-0.4, -0.2) is 15.6 Å². The van der Waals surface area contributed by atoms with E-state index in [4.69, 9.17) is 23.2 Å². The summed E-state index contributed by atoms with van der Waals surface area (Å²) in [6.45, 7) is 4.49. The van der Waals surface area contributed by atoms with Crippen LogP contribution in [0.3, 0.4) is 0 Å². The number of rotatable bonds is 5. The molecule has 1 heterocycles. The Morgan fingerprint density at radius 3 is 2.44 bits per heavy atom. The number of hydrogen-bond acceptors (Lipinski definition) is 2. The fraction of sp³-hybridized carbons (Fsp3) is 0.190. The van der Waals surface area contributed by atoms with Crippen molar-refractivity contribution >= 4 is 34.8 Å². The summed E-state index contributed by atoms with van der Waals surface area (Å²) in [5.41, 5.74) is 4.02. The van der Waals surface area contributed by atoms with Gasteiger partial charge in [0.15, 0.2) is 6.10 Å². The molecule has 1 unspecified atom stereocenters. The molecule has 4 nitrogen and oxygen atoms in total. The fourth-order valence-corrected chi connectivity index (χ4v) is 3.35. The molecule has 1 aromatic heterocycles. The molecule has 0 aliphatic heterocycles. The van der Waals surface area contributed by atoms with Gasteiger partial charge in [0.1, 0.15) is 0 Å². The molecule has 2 aromatic carbocycles. The van der Waals surface area contributed by atoms with Crippen molar-refractivity contribution in [1.82, 2.24) is 4.57 Å². The predicted molar refractivity (Wildman–Crippen MR) is 110 cm³/mol. The van der Waals surface area contributed by atoms with Gasteiger partial charge >= 0.3 is 0 Å². The first kappa shape index (κ1) is 19.5. The van der Waals surface area contributed by atoms with Crippen LogP contribution in [0.1, 0.15) is 28.6 Å². The summed E-state index contributed by atoms with van der Waals surface area (Å²) in [6, 6.07) is 16.3. The lowest BCUT2D eigenvalue weighted by molar-refractivity contribution is -0.124. The Kier molecular flexibility index (Phi) is 5.90. The average Bonchev–Trinajstić information content (AvgIpc) is 2.91. The summed E-state index contributed by atoms with van der Waals surface area (Å²) in [5.74, 6) is -0.496. The maximum absolute atomic E-state index is 12.5. The van der Waals surface area contributed by atoms with Gasteiger partial charge in [-0.1, -0.05) is 41.4 Å². The van der Waals surface area contributed by atoms with Crippen molar-refractivity contribution in [1.29, 1.82) is 0 Å². The summed E-state index contributed by atoms with van der Waals surface area (Å²) in [5, 5.41) is 14.5. The van der Waals surface area contributed by atoms with Crippen LogP contribution < -0.4 is 5.32 Å². The first-order valence-electron chi connectivity index (χ1n) is 8.50. The highest BCUT2D eigenvalue weighted by molar-refractivity contribution is 6.31. The quantitative estimate of drug-likeness (QED) is 0.621. The van der Waals surface area contributed by atoms with Crippen LogP contribution >= 0.6 is 23.2 Å². The van der Waals surface area contributed by atoms with E-state index in [0.717, 1.165) is 17.0 Å². The molecule has 6 heteroatoms.